The number of aliphatic hydroxyl groups excluding tert-OH is 1. The first kappa shape index (κ1) is 21.5. The molecule has 31 heavy (non-hydrogen) atoms. The van der Waals surface area contributed by atoms with E-state index in [1.54, 1.807) is 0 Å². The molecule has 2 heterocycles. The number of benzene rings is 2. The molecule has 2 N–H and O–H groups in total. The molecule has 0 bridgehead atoms. The minimum atomic E-state index is -0.249. The Morgan fingerprint density at radius 2 is 1.94 bits per heavy atom. The fourth-order valence-corrected chi connectivity index (χ4v) is 3.83. The van der Waals surface area contributed by atoms with Crippen molar-refractivity contribution in [1.29, 1.82) is 0 Å². The fraction of sp³-hybridized carbons (Fsp3) is 0.417. The smallest absolute Gasteiger partial charge is 0.226 e. The van der Waals surface area contributed by atoms with E-state index in [1.807, 2.05) is 18.2 Å². The summed E-state index contributed by atoms with van der Waals surface area (Å²) in [6.07, 6.45) is 2.00. The third kappa shape index (κ3) is 5.70. The summed E-state index contributed by atoms with van der Waals surface area (Å²) >= 11 is 0. The molecule has 7 nitrogen and oxygen atoms in total. The van der Waals surface area contributed by atoms with Gasteiger partial charge in [0.2, 0.25) is 5.91 Å². The largest absolute Gasteiger partial charge is 0.391 e. The van der Waals surface area contributed by atoms with E-state index in [-0.39, 0.29) is 25.5 Å². The van der Waals surface area contributed by atoms with E-state index in [2.05, 4.69) is 34.7 Å². The highest BCUT2D eigenvalue weighted by atomic mass is 16.5. The van der Waals surface area contributed by atoms with Crippen molar-refractivity contribution in [2.45, 2.75) is 39.1 Å². The second-order valence-electron chi connectivity index (χ2n) is 7.90. The van der Waals surface area contributed by atoms with Crippen LogP contribution in [-0.2, 0) is 40.5 Å². The molecule has 7 heteroatoms. The van der Waals surface area contributed by atoms with Crippen LogP contribution >= 0.6 is 0 Å². The van der Waals surface area contributed by atoms with Crippen LogP contribution in [0.15, 0.2) is 47.0 Å². The van der Waals surface area contributed by atoms with Gasteiger partial charge in [-0.2, -0.15) is 0 Å². The van der Waals surface area contributed by atoms with Gasteiger partial charge in [-0.25, -0.2) is 0 Å². The zero-order chi connectivity index (χ0) is 21.5. The van der Waals surface area contributed by atoms with E-state index in [0.717, 1.165) is 37.0 Å². The van der Waals surface area contributed by atoms with Crippen molar-refractivity contribution in [3.63, 3.8) is 0 Å². The number of nitrogens with one attached hydrogen (secondary N) is 1. The number of carbonyl (C=O) groups is 1. The van der Waals surface area contributed by atoms with Crippen molar-refractivity contribution in [1.82, 2.24) is 10.5 Å². The first-order valence-electron chi connectivity index (χ1n) is 10.7. The van der Waals surface area contributed by atoms with Crippen LogP contribution in [0.25, 0.3) is 10.8 Å². The first-order chi connectivity index (χ1) is 15.2. The van der Waals surface area contributed by atoms with Gasteiger partial charge < -0.3 is 24.4 Å². The second kappa shape index (κ2) is 10.5. The van der Waals surface area contributed by atoms with Gasteiger partial charge in [-0.1, -0.05) is 41.6 Å². The molecule has 0 radical (unpaired) electrons. The molecule has 0 aliphatic carbocycles. The Bertz CT molecular complexity index is 1010. The zero-order valence-electron chi connectivity index (χ0n) is 17.5. The highest BCUT2D eigenvalue weighted by molar-refractivity contribution is 5.83. The zero-order valence-corrected chi connectivity index (χ0v) is 17.5. The van der Waals surface area contributed by atoms with Crippen LogP contribution in [0.1, 0.15) is 35.4 Å². The van der Waals surface area contributed by atoms with Crippen molar-refractivity contribution in [3.05, 3.63) is 65.0 Å². The summed E-state index contributed by atoms with van der Waals surface area (Å²) in [6, 6.07) is 14.4. The molecule has 1 saturated heterocycles. The van der Waals surface area contributed by atoms with Gasteiger partial charge >= 0.3 is 0 Å². The van der Waals surface area contributed by atoms with Crippen molar-refractivity contribution in [2.75, 3.05) is 19.8 Å². The highest BCUT2D eigenvalue weighted by Crippen LogP contribution is 2.19. The quantitative estimate of drug-likeness (QED) is 0.548. The summed E-state index contributed by atoms with van der Waals surface area (Å²) in [5, 5.41) is 19.1. The highest BCUT2D eigenvalue weighted by Gasteiger charge is 2.19. The molecule has 1 aliphatic heterocycles. The van der Waals surface area contributed by atoms with Crippen LogP contribution in [0, 0.1) is 5.92 Å². The Kier molecular flexibility index (Phi) is 7.30. The molecule has 2 aromatic carbocycles. The van der Waals surface area contributed by atoms with Gasteiger partial charge in [-0.3, -0.25) is 4.79 Å². The molecule has 1 aromatic heterocycles. The number of carbonyl (C=O) groups excluding carboxylic acids is 1. The van der Waals surface area contributed by atoms with Gasteiger partial charge in [0.15, 0.2) is 5.76 Å². The molecule has 1 amide bonds. The number of rotatable bonds is 9. The summed E-state index contributed by atoms with van der Waals surface area (Å²) in [4.78, 5) is 12.3. The number of ether oxygens (including phenoxy) is 2. The summed E-state index contributed by atoms with van der Waals surface area (Å²) in [6.45, 7) is 2.48. The van der Waals surface area contributed by atoms with E-state index in [4.69, 9.17) is 14.0 Å². The van der Waals surface area contributed by atoms with Crippen molar-refractivity contribution < 1.29 is 23.9 Å². The standard InChI is InChI=1S/C24H28N2O5/c27-14-21-22(12-24(28)25-13-17-7-9-29-10-8-17)26-31-23(21)16-30-15-18-5-6-19-3-1-2-4-20(19)11-18/h1-6,11,17,27H,7-10,12-16H2,(H,25,28). The van der Waals surface area contributed by atoms with E-state index < -0.39 is 0 Å². The SMILES string of the molecule is O=C(Cc1noc(COCc2ccc3ccccc3c2)c1CO)NCC1CCOCC1. The summed E-state index contributed by atoms with van der Waals surface area (Å²) in [5.74, 6) is 0.778. The van der Waals surface area contributed by atoms with Crippen molar-refractivity contribution in [2.24, 2.45) is 5.92 Å². The number of fused-ring (bicyclic) bond motifs is 1. The molecule has 0 spiro atoms. The number of aliphatic hydroxyl groups is 1. The maximum atomic E-state index is 12.3. The lowest BCUT2D eigenvalue weighted by Gasteiger charge is -2.22. The molecule has 1 fully saturated rings. The minimum Gasteiger partial charge on any atom is -0.391 e. The predicted octanol–water partition coefficient (Wildman–Crippen LogP) is 3.12. The lowest BCUT2D eigenvalue weighted by Crippen LogP contribution is -2.33. The average molecular weight is 424 g/mol. The van der Waals surface area contributed by atoms with Gasteiger partial charge in [0.05, 0.1) is 25.3 Å². The Balaban J connectivity index is 1.29. The summed E-state index contributed by atoms with van der Waals surface area (Å²) in [5.41, 5.74) is 2.03. The molecule has 164 valence electrons. The number of nitrogens with zero attached hydrogens (tertiary/aromatic N) is 1. The van der Waals surface area contributed by atoms with Crippen LogP contribution in [0.4, 0.5) is 0 Å². The van der Waals surface area contributed by atoms with Crippen LogP contribution in [0.3, 0.4) is 0 Å². The monoisotopic (exact) mass is 424 g/mol. The number of hydrogen-bond acceptors (Lipinski definition) is 6. The van der Waals surface area contributed by atoms with Crippen LogP contribution in [-0.4, -0.2) is 35.9 Å². The molecule has 0 saturated carbocycles. The number of hydrogen-bond donors (Lipinski definition) is 2. The Morgan fingerprint density at radius 1 is 1.13 bits per heavy atom. The molecule has 1 aliphatic rings. The lowest BCUT2D eigenvalue weighted by atomic mass is 10.0. The molecule has 3 aromatic rings. The van der Waals surface area contributed by atoms with Gasteiger partial charge in [0.1, 0.15) is 6.61 Å². The molecule has 0 unspecified atom stereocenters. The van der Waals surface area contributed by atoms with E-state index in [9.17, 15) is 9.90 Å². The van der Waals surface area contributed by atoms with Gasteiger partial charge in [-0.05, 0) is 41.2 Å². The molecular weight excluding hydrogens is 396 g/mol. The van der Waals surface area contributed by atoms with Crippen molar-refractivity contribution in [3.8, 4) is 0 Å². The van der Waals surface area contributed by atoms with Gasteiger partial charge in [-0.15, -0.1) is 0 Å². The van der Waals surface area contributed by atoms with Crippen LogP contribution < -0.4 is 5.32 Å². The van der Waals surface area contributed by atoms with Crippen molar-refractivity contribution >= 4 is 16.7 Å². The maximum Gasteiger partial charge on any atom is 0.226 e. The molecule has 4 rings (SSSR count). The number of amides is 1. The third-order valence-electron chi connectivity index (χ3n) is 5.68. The second-order valence-corrected chi connectivity index (χ2v) is 7.90. The van der Waals surface area contributed by atoms with Gasteiger partial charge in [0, 0.05) is 25.3 Å². The predicted molar refractivity (Wildman–Crippen MR) is 115 cm³/mol. The number of aromatic nitrogens is 1. The fourth-order valence-electron chi connectivity index (χ4n) is 3.83. The minimum absolute atomic E-state index is 0.0767. The van der Waals surface area contributed by atoms with Crippen LogP contribution in [0.2, 0.25) is 0 Å². The summed E-state index contributed by atoms with van der Waals surface area (Å²) < 4.78 is 16.5. The molecule has 0 atom stereocenters. The normalized spacial score (nSPS) is 14.7. The third-order valence-corrected chi connectivity index (χ3v) is 5.68. The lowest BCUT2D eigenvalue weighted by molar-refractivity contribution is -0.120. The van der Waals surface area contributed by atoms with Crippen LogP contribution in [0.5, 0.6) is 0 Å². The van der Waals surface area contributed by atoms with Gasteiger partial charge in [0.25, 0.3) is 0 Å². The van der Waals surface area contributed by atoms with E-state index in [1.165, 1.54) is 5.39 Å². The first-order valence-corrected chi connectivity index (χ1v) is 10.7. The maximum absolute atomic E-state index is 12.3. The van der Waals surface area contributed by atoms with E-state index >= 15 is 0 Å². The Hall–Kier alpha value is -2.74. The van der Waals surface area contributed by atoms with E-state index in [0.29, 0.717) is 36.1 Å². The topological polar surface area (TPSA) is 93.8 Å². The Morgan fingerprint density at radius 3 is 2.74 bits per heavy atom. The molecular formula is C24H28N2O5. The average Bonchev–Trinajstić information content (AvgIpc) is 3.19. The summed E-state index contributed by atoms with van der Waals surface area (Å²) in [7, 11) is 0. The Labute approximate surface area is 181 Å².